The molecule has 0 aromatic heterocycles. The lowest BCUT2D eigenvalue weighted by Gasteiger charge is -2.30. The van der Waals surface area contributed by atoms with Gasteiger partial charge in [-0.1, -0.05) is 20.8 Å². The van der Waals surface area contributed by atoms with Gasteiger partial charge in [-0.25, -0.2) is 0 Å². The highest BCUT2D eigenvalue weighted by Gasteiger charge is 2.38. The highest BCUT2D eigenvalue weighted by Crippen LogP contribution is 2.19. The molecule has 1 saturated heterocycles. The molecule has 1 heterocycles. The van der Waals surface area contributed by atoms with E-state index in [1.54, 1.807) is 0 Å². The van der Waals surface area contributed by atoms with Gasteiger partial charge in [0.25, 0.3) is 0 Å². The van der Waals surface area contributed by atoms with Crippen LogP contribution in [0.3, 0.4) is 0 Å². The summed E-state index contributed by atoms with van der Waals surface area (Å²) in [6.45, 7) is 12.5. The fourth-order valence-corrected chi connectivity index (χ4v) is 2.32. The van der Waals surface area contributed by atoms with Crippen LogP contribution in [0.15, 0.2) is 0 Å². The Morgan fingerprint density at radius 1 is 1.33 bits per heavy atom. The standard InChI is InChI=1S/C14H29N3O/c1-7-12-14(18)17(13(15-12)10(2)3)9-8-16(6)11(4)5/h10-13,15H,7-9H2,1-6H3. The SMILES string of the molecule is CCC1NC(C(C)C)N(CCN(C)C(C)C)C1=O. The van der Waals surface area contributed by atoms with E-state index >= 15 is 0 Å². The van der Waals surface area contributed by atoms with Crippen LogP contribution in [-0.4, -0.2) is 54.1 Å². The van der Waals surface area contributed by atoms with Crippen LogP contribution in [0, 0.1) is 5.92 Å². The molecule has 4 heteroatoms. The molecule has 0 bridgehead atoms. The van der Waals surface area contributed by atoms with E-state index in [2.05, 4.69) is 51.9 Å². The van der Waals surface area contributed by atoms with Crippen molar-refractivity contribution in [3.05, 3.63) is 0 Å². The number of carbonyl (C=O) groups excluding carboxylic acids is 1. The predicted molar refractivity (Wildman–Crippen MR) is 75.3 cm³/mol. The minimum absolute atomic E-state index is 0.0155. The lowest BCUT2D eigenvalue weighted by Crippen LogP contribution is -2.45. The van der Waals surface area contributed by atoms with Gasteiger partial charge in [0.2, 0.25) is 5.91 Å². The first-order valence-electron chi connectivity index (χ1n) is 7.15. The van der Waals surface area contributed by atoms with E-state index < -0.39 is 0 Å². The quantitative estimate of drug-likeness (QED) is 0.781. The molecule has 0 aromatic carbocycles. The van der Waals surface area contributed by atoms with Crippen molar-refractivity contribution >= 4 is 5.91 Å². The molecule has 1 aliphatic rings. The van der Waals surface area contributed by atoms with Gasteiger partial charge in [-0.15, -0.1) is 0 Å². The van der Waals surface area contributed by atoms with Gasteiger partial charge in [0.15, 0.2) is 0 Å². The van der Waals surface area contributed by atoms with Gasteiger partial charge < -0.3 is 9.80 Å². The van der Waals surface area contributed by atoms with Crippen LogP contribution in [0.5, 0.6) is 0 Å². The Morgan fingerprint density at radius 3 is 2.39 bits per heavy atom. The Bertz CT molecular complexity index is 278. The van der Waals surface area contributed by atoms with E-state index in [9.17, 15) is 4.79 Å². The second-order valence-electron chi connectivity index (χ2n) is 5.92. The Kier molecular flexibility index (Phi) is 5.60. The molecule has 0 aliphatic carbocycles. The van der Waals surface area contributed by atoms with Crippen molar-refractivity contribution in [2.24, 2.45) is 5.92 Å². The molecule has 0 spiro atoms. The van der Waals surface area contributed by atoms with Crippen LogP contribution < -0.4 is 5.32 Å². The van der Waals surface area contributed by atoms with E-state index in [4.69, 9.17) is 0 Å². The number of hydrogen-bond acceptors (Lipinski definition) is 3. The summed E-state index contributed by atoms with van der Waals surface area (Å²) in [7, 11) is 2.11. The molecule has 0 radical (unpaired) electrons. The number of hydrogen-bond donors (Lipinski definition) is 1. The smallest absolute Gasteiger partial charge is 0.241 e. The van der Waals surface area contributed by atoms with E-state index in [0.717, 1.165) is 19.5 Å². The van der Waals surface area contributed by atoms with Gasteiger partial charge >= 0.3 is 0 Å². The molecular weight excluding hydrogens is 226 g/mol. The maximum absolute atomic E-state index is 12.3. The molecule has 2 unspecified atom stereocenters. The summed E-state index contributed by atoms with van der Waals surface area (Å²) in [5.74, 6) is 0.725. The molecule has 1 aliphatic heterocycles. The fraction of sp³-hybridized carbons (Fsp3) is 0.929. The van der Waals surface area contributed by atoms with Crippen molar-refractivity contribution in [3.63, 3.8) is 0 Å². The number of nitrogens with zero attached hydrogens (tertiary/aromatic N) is 2. The van der Waals surface area contributed by atoms with Crippen LogP contribution in [0.1, 0.15) is 41.0 Å². The summed E-state index contributed by atoms with van der Waals surface area (Å²) >= 11 is 0. The van der Waals surface area contributed by atoms with Crippen LogP contribution in [0.25, 0.3) is 0 Å². The zero-order valence-corrected chi connectivity index (χ0v) is 12.7. The van der Waals surface area contributed by atoms with E-state index in [0.29, 0.717) is 12.0 Å². The van der Waals surface area contributed by atoms with E-state index in [1.807, 2.05) is 4.90 Å². The second-order valence-corrected chi connectivity index (χ2v) is 5.92. The first-order chi connectivity index (χ1) is 8.38. The first kappa shape index (κ1) is 15.4. The lowest BCUT2D eigenvalue weighted by molar-refractivity contribution is -0.130. The molecule has 1 amide bonds. The topological polar surface area (TPSA) is 35.6 Å². The molecule has 0 aromatic rings. The Labute approximate surface area is 112 Å². The molecular formula is C14H29N3O. The summed E-state index contributed by atoms with van der Waals surface area (Å²) in [6.07, 6.45) is 1.07. The van der Waals surface area contributed by atoms with E-state index in [1.165, 1.54) is 0 Å². The normalized spacial score (nSPS) is 24.9. The third-order valence-electron chi connectivity index (χ3n) is 3.90. The Hall–Kier alpha value is -0.610. The number of rotatable bonds is 6. The van der Waals surface area contributed by atoms with Crippen molar-refractivity contribution in [2.75, 3.05) is 20.1 Å². The maximum Gasteiger partial charge on any atom is 0.241 e. The molecule has 1 rings (SSSR count). The molecule has 2 atom stereocenters. The Balaban J connectivity index is 2.62. The van der Waals surface area contributed by atoms with Gasteiger partial charge in [-0.3, -0.25) is 10.1 Å². The monoisotopic (exact) mass is 255 g/mol. The third-order valence-corrected chi connectivity index (χ3v) is 3.90. The summed E-state index contributed by atoms with van der Waals surface area (Å²) in [4.78, 5) is 16.6. The average molecular weight is 255 g/mol. The first-order valence-corrected chi connectivity index (χ1v) is 7.15. The van der Waals surface area contributed by atoms with Gasteiger partial charge in [0.05, 0.1) is 12.2 Å². The highest BCUT2D eigenvalue weighted by atomic mass is 16.2. The summed E-state index contributed by atoms with van der Waals surface area (Å²) in [6, 6.07) is 0.539. The number of amides is 1. The summed E-state index contributed by atoms with van der Waals surface area (Å²) in [5, 5.41) is 3.45. The Morgan fingerprint density at radius 2 is 1.94 bits per heavy atom. The molecule has 0 saturated carbocycles. The van der Waals surface area contributed by atoms with Crippen LogP contribution >= 0.6 is 0 Å². The van der Waals surface area contributed by atoms with Crippen LogP contribution in [-0.2, 0) is 4.79 Å². The number of nitrogens with one attached hydrogen (secondary N) is 1. The van der Waals surface area contributed by atoms with Crippen molar-refractivity contribution < 1.29 is 4.79 Å². The minimum Gasteiger partial charge on any atom is -0.324 e. The van der Waals surface area contributed by atoms with Crippen LogP contribution in [0.2, 0.25) is 0 Å². The predicted octanol–water partition coefficient (Wildman–Crippen LogP) is 1.52. The van der Waals surface area contributed by atoms with Crippen molar-refractivity contribution in [1.29, 1.82) is 0 Å². The third kappa shape index (κ3) is 3.45. The summed E-state index contributed by atoms with van der Waals surface area (Å²) in [5.41, 5.74) is 0. The average Bonchev–Trinajstić information content (AvgIpc) is 2.62. The molecule has 18 heavy (non-hydrogen) atoms. The van der Waals surface area contributed by atoms with Gasteiger partial charge in [-0.05, 0) is 33.2 Å². The highest BCUT2D eigenvalue weighted by molar-refractivity contribution is 5.84. The lowest BCUT2D eigenvalue weighted by atomic mass is 10.1. The fourth-order valence-electron chi connectivity index (χ4n) is 2.32. The number of likely N-dealkylation sites (N-methyl/N-ethyl adjacent to an activating group) is 1. The van der Waals surface area contributed by atoms with Crippen molar-refractivity contribution in [3.8, 4) is 0 Å². The molecule has 1 N–H and O–H groups in total. The molecule has 1 fully saturated rings. The zero-order valence-electron chi connectivity index (χ0n) is 12.7. The largest absolute Gasteiger partial charge is 0.324 e. The van der Waals surface area contributed by atoms with Crippen LogP contribution in [0.4, 0.5) is 0 Å². The molecule has 4 nitrogen and oxygen atoms in total. The minimum atomic E-state index is 0.0155. The maximum atomic E-state index is 12.3. The summed E-state index contributed by atoms with van der Waals surface area (Å²) < 4.78 is 0. The van der Waals surface area contributed by atoms with E-state index in [-0.39, 0.29) is 18.1 Å². The second kappa shape index (κ2) is 6.53. The van der Waals surface area contributed by atoms with Gasteiger partial charge in [-0.2, -0.15) is 0 Å². The van der Waals surface area contributed by atoms with Crippen molar-refractivity contribution in [2.45, 2.75) is 59.3 Å². The molecule has 106 valence electrons. The van der Waals surface area contributed by atoms with Gasteiger partial charge in [0.1, 0.15) is 0 Å². The van der Waals surface area contributed by atoms with Crippen molar-refractivity contribution in [1.82, 2.24) is 15.1 Å². The number of carbonyl (C=O) groups is 1. The zero-order chi connectivity index (χ0) is 13.9. The van der Waals surface area contributed by atoms with Gasteiger partial charge in [0, 0.05) is 19.1 Å².